The lowest BCUT2D eigenvalue weighted by Gasteiger charge is -2.13. The number of benzene rings is 1. The Morgan fingerprint density at radius 1 is 1.43 bits per heavy atom. The van der Waals surface area contributed by atoms with Crippen LogP contribution in [0.2, 0.25) is 5.02 Å². The van der Waals surface area contributed by atoms with Crippen molar-refractivity contribution in [3.63, 3.8) is 0 Å². The fraction of sp³-hybridized carbons (Fsp3) is 0.333. The van der Waals surface area contributed by atoms with Crippen molar-refractivity contribution in [3.05, 3.63) is 40.4 Å². The molecule has 2 atom stereocenters. The van der Waals surface area contributed by atoms with Crippen LogP contribution in [-0.2, 0) is 0 Å². The molecule has 8 heteroatoms. The molecule has 5 nitrogen and oxygen atoms in total. The highest BCUT2D eigenvalue weighted by atomic mass is 35.5. The summed E-state index contributed by atoms with van der Waals surface area (Å²) < 4.78 is 0. The normalized spacial score (nSPS) is 20.1. The average molecular weight is 374 g/mol. The number of nitrogens with zero attached hydrogens (tertiary/aromatic N) is 1. The van der Waals surface area contributed by atoms with Gasteiger partial charge < -0.3 is 15.7 Å². The van der Waals surface area contributed by atoms with Crippen molar-refractivity contribution in [1.29, 1.82) is 0 Å². The molecule has 1 fully saturated rings. The lowest BCUT2D eigenvalue weighted by atomic mass is 10.1. The molecular formula is C15H17Cl2N3O2S. The van der Waals surface area contributed by atoms with Gasteiger partial charge in [0.05, 0.1) is 11.1 Å². The quantitative estimate of drug-likeness (QED) is 0.767. The predicted molar refractivity (Wildman–Crippen MR) is 94.5 cm³/mol. The van der Waals surface area contributed by atoms with E-state index in [9.17, 15) is 9.90 Å². The number of halogens is 2. The van der Waals surface area contributed by atoms with Crippen molar-refractivity contribution < 1.29 is 9.90 Å². The molecule has 0 saturated carbocycles. The highest BCUT2D eigenvalue weighted by Gasteiger charge is 2.25. The molecule has 1 amide bonds. The van der Waals surface area contributed by atoms with Gasteiger partial charge in [-0.2, -0.15) is 0 Å². The Morgan fingerprint density at radius 2 is 2.22 bits per heavy atom. The van der Waals surface area contributed by atoms with Crippen LogP contribution in [0.15, 0.2) is 29.6 Å². The second kappa shape index (κ2) is 8.08. The Kier molecular flexibility index (Phi) is 6.38. The Labute approximate surface area is 149 Å². The van der Waals surface area contributed by atoms with Crippen molar-refractivity contribution >= 4 is 41.3 Å². The van der Waals surface area contributed by atoms with E-state index >= 15 is 0 Å². The molecule has 3 rings (SSSR count). The number of hydrogen-bond acceptors (Lipinski definition) is 5. The molecule has 3 N–H and O–H groups in total. The Morgan fingerprint density at radius 3 is 2.91 bits per heavy atom. The summed E-state index contributed by atoms with van der Waals surface area (Å²) in [6.45, 7) is 1.73. The van der Waals surface area contributed by atoms with Gasteiger partial charge in [0.25, 0.3) is 5.91 Å². The van der Waals surface area contributed by atoms with E-state index in [1.54, 1.807) is 11.4 Å². The number of aliphatic hydroxyl groups excluding tert-OH is 1. The van der Waals surface area contributed by atoms with Crippen LogP contribution < -0.4 is 10.6 Å². The van der Waals surface area contributed by atoms with Crippen molar-refractivity contribution in [2.45, 2.75) is 6.10 Å². The second-order valence-electron chi connectivity index (χ2n) is 5.21. The molecule has 0 spiro atoms. The Bertz CT molecular complexity index is 680. The van der Waals surface area contributed by atoms with Gasteiger partial charge in [0.2, 0.25) is 0 Å². The first-order valence-electron chi connectivity index (χ1n) is 7.02. The van der Waals surface area contributed by atoms with Gasteiger partial charge in [0.15, 0.2) is 0 Å². The minimum absolute atomic E-state index is 0. The lowest BCUT2D eigenvalue weighted by molar-refractivity contribution is 0.0923. The van der Waals surface area contributed by atoms with E-state index in [0.29, 0.717) is 30.4 Å². The number of rotatable bonds is 4. The third-order valence-corrected chi connectivity index (χ3v) is 4.88. The van der Waals surface area contributed by atoms with E-state index in [1.807, 2.05) is 18.2 Å². The zero-order valence-electron chi connectivity index (χ0n) is 12.2. The standard InChI is InChI=1S/C15H16ClN3O2S.ClH/c16-11-4-2-1-3-10(11)15-19-12(8-22-15)14(21)18-6-9-5-17-7-13(9)20;/h1-4,8-9,13,17,20H,5-7H2,(H,18,21);1H. The van der Waals surface area contributed by atoms with Gasteiger partial charge in [-0.3, -0.25) is 4.79 Å². The Balaban J connectivity index is 0.00000192. The molecule has 1 aliphatic rings. The summed E-state index contributed by atoms with van der Waals surface area (Å²) in [4.78, 5) is 16.5. The highest BCUT2D eigenvalue weighted by molar-refractivity contribution is 7.13. The maximum absolute atomic E-state index is 12.1. The highest BCUT2D eigenvalue weighted by Crippen LogP contribution is 2.30. The number of hydrogen-bond donors (Lipinski definition) is 3. The summed E-state index contributed by atoms with van der Waals surface area (Å²) in [7, 11) is 0. The van der Waals surface area contributed by atoms with Gasteiger partial charge >= 0.3 is 0 Å². The molecular weight excluding hydrogens is 357 g/mol. The van der Waals surface area contributed by atoms with E-state index in [0.717, 1.165) is 10.6 Å². The predicted octanol–water partition coefficient (Wildman–Crippen LogP) is 2.20. The fourth-order valence-electron chi connectivity index (χ4n) is 2.38. The summed E-state index contributed by atoms with van der Waals surface area (Å²) in [5.41, 5.74) is 1.20. The first-order chi connectivity index (χ1) is 10.6. The molecule has 0 radical (unpaired) electrons. The number of carbonyl (C=O) groups is 1. The maximum Gasteiger partial charge on any atom is 0.270 e. The number of aromatic nitrogens is 1. The monoisotopic (exact) mass is 373 g/mol. The molecule has 1 saturated heterocycles. The SMILES string of the molecule is Cl.O=C(NCC1CNCC1O)c1csc(-c2ccccc2Cl)n1. The van der Waals surface area contributed by atoms with Gasteiger partial charge in [-0.25, -0.2) is 4.98 Å². The molecule has 0 bridgehead atoms. The average Bonchev–Trinajstić information content (AvgIpc) is 3.14. The zero-order valence-corrected chi connectivity index (χ0v) is 14.5. The molecule has 2 unspecified atom stereocenters. The summed E-state index contributed by atoms with van der Waals surface area (Å²) in [5, 5.41) is 18.7. The third kappa shape index (κ3) is 4.22. The van der Waals surface area contributed by atoms with Crippen LogP contribution in [-0.4, -0.2) is 41.7 Å². The van der Waals surface area contributed by atoms with E-state index in [2.05, 4.69) is 15.6 Å². The first-order valence-corrected chi connectivity index (χ1v) is 8.28. The smallest absolute Gasteiger partial charge is 0.270 e. The van der Waals surface area contributed by atoms with Gasteiger partial charge in [-0.1, -0.05) is 29.8 Å². The van der Waals surface area contributed by atoms with Crippen LogP contribution in [0.5, 0.6) is 0 Å². The molecule has 124 valence electrons. The summed E-state index contributed by atoms with van der Waals surface area (Å²) in [6.07, 6.45) is -0.408. The van der Waals surface area contributed by atoms with Crippen molar-refractivity contribution in [2.24, 2.45) is 5.92 Å². The summed E-state index contributed by atoms with van der Waals surface area (Å²) >= 11 is 7.53. The number of aliphatic hydroxyl groups is 1. The van der Waals surface area contributed by atoms with Crippen LogP contribution in [0.25, 0.3) is 10.6 Å². The molecule has 1 aromatic carbocycles. The van der Waals surface area contributed by atoms with Gasteiger partial charge in [0.1, 0.15) is 10.7 Å². The third-order valence-electron chi connectivity index (χ3n) is 3.67. The zero-order chi connectivity index (χ0) is 15.5. The first kappa shape index (κ1) is 18.2. The molecule has 1 aromatic heterocycles. The lowest BCUT2D eigenvalue weighted by Crippen LogP contribution is -2.34. The fourth-order valence-corrected chi connectivity index (χ4v) is 3.50. The molecule has 2 heterocycles. The number of carbonyl (C=O) groups excluding carboxylic acids is 1. The topological polar surface area (TPSA) is 74.2 Å². The van der Waals surface area contributed by atoms with E-state index < -0.39 is 6.10 Å². The van der Waals surface area contributed by atoms with Crippen LogP contribution in [0.4, 0.5) is 0 Å². The van der Waals surface area contributed by atoms with Gasteiger partial charge in [-0.15, -0.1) is 23.7 Å². The van der Waals surface area contributed by atoms with Crippen LogP contribution in [0.1, 0.15) is 10.5 Å². The molecule has 2 aromatic rings. The van der Waals surface area contributed by atoms with Crippen LogP contribution in [0.3, 0.4) is 0 Å². The van der Waals surface area contributed by atoms with Gasteiger partial charge in [-0.05, 0) is 6.07 Å². The summed E-state index contributed by atoms with van der Waals surface area (Å²) in [6, 6.07) is 7.42. The largest absolute Gasteiger partial charge is 0.391 e. The second-order valence-corrected chi connectivity index (χ2v) is 6.48. The molecule has 1 aliphatic heterocycles. The van der Waals surface area contributed by atoms with Gasteiger partial charge in [0, 0.05) is 36.5 Å². The van der Waals surface area contributed by atoms with Crippen molar-refractivity contribution in [3.8, 4) is 10.6 Å². The number of nitrogens with one attached hydrogen (secondary N) is 2. The van der Waals surface area contributed by atoms with Crippen LogP contribution in [0, 0.1) is 5.92 Å². The van der Waals surface area contributed by atoms with Crippen molar-refractivity contribution in [2.75, 3.05) is 19.6 Å². The van der Waals surface area contributed by atoms with E-state index in [-0.39, 0.29) is 24.2 Å². The van der Waals surface area contributed by atoms with E-state index in [1.165, 1.54) is 11.3 Å². The molecule has 23 heavy (non-hydrogen) atoms. The van der Waals surface area contributed by atoms with Crippen molar-refractivity contribution in [1.82, 2.24) is 15.6 Å². The minimum Gasteiger partial charge on any atom is -0.391 e. The number of β-amino-alcohol motifs (C(OH)–C–C–N with tert-alkyl or cyclic N) is 1. The number of thiazole rings is 1. The Hall–Kier alpha value is -1.18. The number of amides is 1. The van der Waals surface area contributed by atoms with Crippen LogP contribution >= 0.6 is 35.3 Å². The van der Waals surface area contributed by atoms with E-state index in [4.69, 9.17) is 11.6 Å². The minimum atomic E-state index is -0.408. The molecule has 0 aliphatic carbocycles. The summed E-state index contributed by atoms with van der Waals surface area (Å²) in [5.74, 6) is -0.181. The maximum atomic E-state index is 12.1.